The molecule has 0 amide bonds. The number of rotatable bonds is 5. The van der Waals surface area contributed by atoms with Crippen LogP contribution < -0.4 is 10.2 Å². The van der Waals surface area contributed by atoms with Gasteiger partial charge in [-0.25, -0.2) is 0 Å². The average Bonchev–Trinajstić information content (AvgIpc) is 3.07. The average molecular weight is 460 g/mol. The molecule has 0 radical (unpaired) electrons. The van der Waals surface area contributed by atoms with Crippen LogP contribution in [0.2, 0.25) is 0 Å². The zero-order valence-electron chi connectivity index (χ0n) is 16.0. The summed E-state index contributed by atoms with van der Waals surface area (Å²) in [4.78, 5) is 14.8. The smallest absolute Gasteiger partial charge is 0.197 e. The Morgan fingerprint density at radius 1 is 1.24 bits per heavy atom. The Balaban J connectivity index is 1.71. The summed E-state index contributed by atoms with van der Waals surface area (Å²) in [6.45, 7) is 1.36. The Labute approximate surface area is 176 Å². The predicted molar refractivity (Wildman–Crippen MR) is 114 cm³/mol. The van der Waals surface area contributed by atoms with Crippen molar-refractivity contribution in [3.8, 4) is 22.8 Å². The van der Waals surface area contributed by atoms with E-state index in [4.69, 9.17) is 9.15 Å². The van der Waals surface area contributed by atoms with Crippen LogP contribution in [0.25, 0.3) is 22.3 Å². The van der Waals surface area contributed by atoms with E-state index in [9.17, 15) is 15.0 Å². The molecule has 29 heavy (non-hydrogen) atoms. The highest BCUT2D eigenvalue weighted by molar-refractivity contribution is 9.10. The first-order valence-electron chi connectivity index (χ1n) is 9.47. The number of ether oxygens (including phenoxy) is 1. The number of likely N-dealkylation sites (N-methyl/N-ethyl adjacent to an activating group) is 1. The molecule has 4 rings (SSSR count). The second-order valence-electron chi connectivity index (χ2n) is 7.36. The molecule has 0 spiro atoms. The number of aliphatic hydroxyl groups excluding tert-OH is 1. The fourth-order valence-electron chi connectivity index (χ4n) is 3.86. The van der Waals surface area contributed by atoms with Crippen molar-refractivity contribution in [2.75, 3.05) is 26.8 Å². The molecule has 2 aromatic carbocycles. The highest BCUT2D eigenvalue weighted by Crippen LogP contribution is 2.34. The summed E-state index contributed by atoms with van der Waals surface area (Å²) in [6, 6.07) is 11.9. The van der Waals surface area contributed by atoms with Gasteiger partial charge in [0.25, 0.3) is 0 Å². The quantitative estimate of drug-likeness (QED) is 0.606. The molecule has 152 valence electrons. The molecule has 1 aliphatic rings. The zero-order valence-corrected chi connectivity index (χ0v) is 17.6. The molecule has 0 unspecified atom stereocenters. The van der Waals surface area contributed by atoms with Gasteiger partial charge in [0.05, 0.1) is 13.2 Å². The Kier molecular flexibility index (Phi) is 5.63. The number of aromatic hydroxyl groups is 1. The Morgan fingerprint density at radius 3 is 2.72 bits per heavy atom. The summed E-state index contributed by atoms with van der Waals surface area (Å²) in [6.07, 6.45) is 0.922. The first-order valence-corrected chi connectivity index (χ1v) is 10.3. The minimum atomic E-state index is -0.332. The largest absolute Gasteiger partial charge is 0.507 e. The molecule has 3 aromatic rings. The van der Waals surface area contributed by atoms with E-state index in [1.807, 2.05) is 31.3 Å². The molecule has 0 aliphatic carbocycles. The molecule has 7 heteroatoms. The third kappa shape index (κ3) is 3.90. The number of fused-ring (bicyclic) bond motifs is 1. The number of aliphatic hydroxyl groups is 1. The minimum absolute atomic E-state index is 0.0451. The summed E-state index contributed by atoms with van der Waals surface area (Å²) >= 11 is 3.39. The highest BCUT2D eigenvalue weighted by atomic mass is 79.9. The molecule has 2 heterocycles. The third-order valence-corrected chi connectivity index (χ3v) is 6.08. The lowest BCUT2D eigenvalue weighted by atomic mass is 10.0. The van der Waals surface area contributed by atoms with E-state index >= 15 is 0 Å². The van der Waals surface area contributed by atoms with Crippen LogP contribution in [0.4, 0.5) is 0 Å². The minimum Gasteiger partial charge on any atom is -0.507 e. The van der Waals surface area contributed by atoms with Crippen LogP contribution in [-0.4, -0.2) is 48.0 Å². The van der Waals surface area contributed by atoms with Gasteiger partial charge in [-0.05, 0) is 44.3 Å². The van der Waals surface area contributed by atoms with Crippen molar-refractivity contribution in [2.45, 2.75) is 12.5 Å². The Hall–Kier alpha value is -2.35. The second-order valence-corrected chi connectivity index (χ2v) is 8.27. The monoisotopic (exact) mass is 459 g/mol. The number of phenols is 1. The Bertz CT molecular complexity index is 1080. The maximum absolute atomic E-state index is 12.7. The highest BCUT2D eigenvalue weighted by Gasteiger charge is 2.31. The number of benzene rings is 2. The normalized spacial score (nSPS) is 19.7. The van der Waals surface area contributed by atoms with Gasteiger partial charge in [-0.15, -0.1) is 0 Å². The topological polar surface area (TPSA) is 83.1 Å². The third-order valence-electron chi connectivity index (χ3n) is 5.55. The fraction of sp³-hybridized carbons (Fsp3) is 0.318. The number of phenolic OH excluding ortho intramolecular Hbond substituents is 1. The molecule has 1 saturated heterocycles. The van der Waals surface area contributed by atoms with Crippen LogP contribution in [0.1, 0.15) is 6.42 Å². The van der Waals surface area contributed by atoms with E-state index in [0.29, 0.717) is 18.1 Å². The van der Waals surface area contributed by atoms with Crippen molar-refractivity contribution >= 4 is 26.9 Å². The zero-order chi connectivity index (χ0) is 20.5. The van der Waals surface area contributed by atoms with Crippen LogP contribution in [-0.2, 0) is 0 Å². The number of hydrogen-bond acceptors (Lipinski definition) is 6. The van der Waals surface area contributed by atoms with Gasteiger partial charge in [-0.3, -0.25) is 4.79 Å². The van der Waals surface area contributed by atoms with Crippen molar-refractivity contribution in [1.29, 1.82) is 0 Å². The summed E-state index contributed by atoms with van der Waals surface area (Å²) in [7, 11) is 1.99. The molecule has 1 aliphatic heterocycles. The number of hydrogen-bond donors (Lipinski definition) is 2. The van der Waals surface area contributed by atoms with Gasteiger partial charge in [-0.1, -0.05) is 28.1 Å². The molecule has 1 fully saturated rings. The van der Waals surface area contributed by atoms with E-state index in [1.54, 1.807) is 6.07 Å². The van der Waals surface area contributed by atoms with E-state index in [0.717, 1.165) is 23.0 Å². The second kappa shape index (κ2) is 8.18. The maximum atomic E-state index is 12.7. The van der Waals surface area contributed by atoms with Crippen molar-refractivity contribution in [1.82, 2.24) is 4.90 Å². The first kappa shape index (κ1) is 19.9. The van der Waals surface area contributed by atoms with Crippen LogP contribution in [0.5, 0.6) is 11.5 Å². The summed E-state index contributed by atoms with van der Waals surface area (Å²) in [5.74, 6) is 0.840. The Morgan fingerprint density at radius 2 is 2.00 bits per heavy atom. The number of nitrogens with zero attached hydrogens (tertiary/aromatic N) is 1. The lowest BCUT2D eigenvalue weighted by Gasteiger charge is -2.23. The van der Waals surface area contributed by atoms with E-state index < -0.39 is 0 Å². The van der Waals surface area contributed by atoms with Gasteiger partial charge in [-0.2, -0.15) is 0 Å². The first-order chi connectivity index (χ1) is 14.0. The van der Waals surface area contributed by atoms with E-state index in [-0.39, 0.29) is 40.7 Å². The van der Waals surface area contributed by atoms with Crippen LogP contribution in [0.15, 0.2) is 56.1 Å². The van der Waals surface area contributed by atoms with E-state index in [1.165, 1.54) is 12.1 Å². The lowest BCUT2D eigenvalue weighted by molar-refractivity contribution is 0.129. The van der Waals surface area contributed by atoms with Gasteiger partial charge in [0.15, 0.2) is 16.8 Å². The van der Waals surface area contributed by atoms with Crippen molar-refractivity contribution in [2.24, 2.45) is 5.92 Å². The summed E-state index contributed by atoms with van der Waals surface area (Å²) in [5, 5.41) is 19.9. The van der Waals surface area contributed by atoms with Gasteiger partial charge < -0.3 is 24.3 Å². The van der Waals surface area contributed by atoms with Gasteiger partial charge in [0.2, 0.25) is 0 Å². The number of likely N-dealkylation sites (tertiary alicyclic amines) is 1. The van der Waals surface area contributed by atoms with Crippen molar-refractivity contribution in [3.63, 3.8) is 0 Å². The van der Waals surface area contributed by atoms with Gasteiger partial charge >= 0.3 is 0 Å². The maximum Gasteiger partial charge on any atom is 0.197 e. The molecular weight excluding hydrogens is 438 g/mol. The lowest BCUT2D eigenvalue weighted by Crippen LogP contribution is -2.35. The summed E-state index contributed by atoms with van der Waals surface area (Å²) < 4.78 is 12.9. The fourth-order valence-corrected chi connectivity index (χ4v) is 4.12. The molecular formula is C22H22BrNO5. The SMILES string of the molecule is CN1CC[C@H](COc2ccc(O)c3c(=O)cc(-c4ccc(Br)cc4)oc23)[C@H]1CO. The molecule has 2 atom stereocenters. The predicted octanol–water partition coefficient (Wildman–Crippen LogP) is 3.62. The van der Waals surface area contributed by atoms with E-state index in [2.05, 4.69) is 20.8 Å². The van der Waals surface area contributed by atoms with Crippen LogP contribution in [0, 0.1) is 5.92 Å². The van der Waals surface area contributed by atoms with Gasteiger partial charge in [0.1, 0.15) is 16.9 Å². The molecule has 0 saturated carbocycles. The van der Waals surface area contributed by atoms with Crippen LogP contribution >= 0.6 is 15.9 Å². The molecule has 1 aromatic heterocycles. The molecule has 2 N–H and O–H groups in total. The van der Waals surface area contributed by atoms with Crippen molar-refractivity contribution in [3.05, 3.63) is 57.2 Å². The standard InChI is InChI=1S/C22H22BrNO5/c1-24-9-8-14(16(24)11-25)12-28-19-7-6-17(26)21-18(27)10-20(29-22(19)21)13-2-4-15(23)5-3-13/h2-7,10,14,16,25-26H,8-9,11-12H2,1H3/t14-,16-/m1/s1. The van der Waals surface area contributed by atoms with Crippen molar-refractivity contribution < 1.29 is 19.4 Å². The molecule has 6 nitrogen and oxygen atoms in total. The number of halogens is 1. The van der Waals surface area contributed by atoms with Gasteiger partial charge in [0, 0.05) is 28.1 Å². The summed E-state index contributed by atoms with van der Waals surface area (Å²) in [5.41, 5.74) is 0.641. The molecule has 0 bridgehead atoms. The van der Waals surface area contributed by atoms with Crippen LogP contribution in [0.3, 0.4) is 0 Å².